The molecule has 294 valence electrons. The van der Waals surface area contributed by atoms with Crippen LogP contribution in [-0.2, 0) is 27.9 Å². The Balaban J connectivity index is 4.26. The van der Waals surface area contributed by atoms with E-state index in [-0.39, 0.29) is 44.9 Å². The van der Waals surface area contributed by atoms with Crippen molar-refractivity contribution in [3.8, 4) is 0 Å². The number of allylic oxidation sites excluding steroid dienone is 10. The Morgan fingerprint density at radius 3 is 1.88 bits per heavy atom. The van der Waals surface area contributed by atoms with Gasteiger partial charge in [-0.2, -0.15) is 0 Å². The summed E-state index contributed by atoms with van der Waals surface area (Å²) in [7, 11) is -4.29. The molecule has 4 N–H and O–H groups in total. The van der Waals surface area contributed by atoms with Gasteiger partial charge in [0.25, 0.3) is 0 Å². The van der Waals surface area contributed by atoms with E-state index in [2.05, 4.69) is 43.4 Å². The molecule has 0 rings (SSSR count). The van der Waals surface area contributed by atoms with Crippen LogP contribution >= 0.6 is 7.82 Å². The molecule has 0 aliphatic rings. The lowest BCUT2D eigenvalue weighted by molar-refractivity contribution is -0.147. The van der Waals surface area contributed by atoms with Gasteiger partial charge in [-0.05, 0) is 57.4 Å². The number of ether oxygens (including phenoxy) is 2. The number of rotatable bonds is 36. The topological polar surface area (TPSA) is 138 Å². The van der Waals surface area contributed by atoms with E-state index >= 15 is 0 Å². The Labute approximate surface area is 310 Å². The summed E-state index contributed by atoms with van der Waals surface area (Å²) in [5.41, 5.74) is 5.35. The molecule has 0 bridgehead atoms. The van der Waals surface area contributed by atoms with Crippen molar-refractivity contribution in [2.24, 2.45) is 5.73 Å². The molecule has 0 aromatic rings. The first-order chi connectivity index (χ1) is 24.8. The smallest absolute Gasteiger partial charge is 0.472 e. The average Bonchev–Trinajstić information content (AvgIpc) is 3.12. The summed E-state index contributed by atoms with van der Waals surface area (Å²) >= 11 is 0. The van der Waals surface area contributed by atoms with Crippen molar-refractivity contribution >= 4 is 13.8 Å². The molecular formula is C41H72NO8P. The standard InChI is InChI=1S/C41H72NO8P/c1-3-5-6-7-8-9-10-11-16-19-22-25-28-31-35-47-40(38-50-51(45,46)49-36-34-42)37-48-41(44)33-30-27-24-21-18-15-13-12-14-17-20-23-26-29-32-39(43)4-2/h13-15,17,21,23-24,26,29,31-32,35,39-40,43H,3-12,16,18-20,22,25,27-28,30,33-34,36-38,42H2,1-2H3,(H,45,46)/b15-13-,17-14-,24-21-,26-23-,32-29+,35-31+/t39-,40+/m0/s1. The molecule has 51 heavy (non-hydrogen) atoms. The van der Waals surface area contributed by atoms with Crippen LogP contribution in [0.4, 0.5) is 0 Å². The van der Waals surface area contributed by atoms with Crippen molar-refractivity contribution in [3.63, 3.8) is 0 Å². The first-order valence-electron chi connectivity index (χ1n) is 19.6. The molecule has 0 fully saturated rings. The maximum Gasteiger partial charge on any atom is 0.472 e. The van der Waals surface area contributed by atoms with Gasteiger partial charge in [0.15, 0.2) is 6.10 Å². The molecule has 1 unspecified atom stereocenters. The van der Waals surface area contributed by atoms with Crippen LogP contribution < -0.4 is 5.73 Å². The largest absolute Gasteiger partial charge is 0.492 e. The average molecular weight is 738 g/mol. The van der Waals surface area contributed by atoms with Crippen LogP contribution in [0.2, 0.25) is 0 Å². The van der Waals surface area contributed by atoms with Crippen molar-refractivity contribution in [2.45, 2.75) is 154 Å². The number of phosphoric acid groups is 1. The van der Waals surface area contributed by atoms with E-state index in [1.54, 1.807) is 12.3 Å². The number of esters is 1. The third-order valence-electron chi connectivity index (χ3n) is 7.88. The number of carbonyl (C=O) groups is 1. The molecule has 0 amide bonds. The van der Waals surface area contributed by atoms with Gasteiger partial charge >= 0.3 is 13.8 Å². The van der Waals surface area contributed by atoms with Gasteiger partial charge in [0.05, 0.1) is 25.6 Å². The number of nitrogens with two attached hydrogens (primary N) is 1. The fourth-order valence-corrected chi connectivity index (χ4v) is 5.56. The maximum atomic E-state index is 12.3. The molecule has 0 saturated heterocycles. The minimum atomic E-state index is -4.29. The number of hydrogen-bond acceptors (Lipinski definition) is 8. The molecule has 0 radical (unpaired) electrons. The highest BCUT2D eigenvalue weighted by Gasteiger charge is 2.24. The Morgan fingerprint density at radius 2 is 1.27 bits per heavy atom. The van der Waals surface area contributed by atoms with E-state index in [4.69, 9.17) is 24.3 Å². The van der Waals surface area contributed by atoms with Gasteiger partial charge in [0, 0.05) is 13.0 Å². The van der Waals surface area contributed by atoms with Crippen molar-refractivity contribution in [3.05, 3.63) is 73.1 Å². The van der Waals surface area contributed by atoms with Gasteiger partial charge < -0.3 is 25.2 Å². The number of unbranched alkanes of at least 4 members (excludes halogenated alkanes) is 13. The molecule has 3 atom stereocenters. The predicted molar refractivity (Wildman–Crippen MR) is 211 cm³/mol. The summed E-state index contributed by atoms with van der Waals surface area (Å²) in [4.78, 5) is 22.2. The second kappa shape index (κ2) is 37.5. The lowest BCUT2D eigenvalue weighted by Crippen LogP contribution is -2.25. The van der Waals surface area contributed by atoms with Crippen LogP contribution in [0.15, 0.2) is 73.1 Å². The first-order valence-corrected chi connectivity index (χ1v) is 21.1. The summed E-state index contributed by atoms with van der Waals surface area (Å²) < 4.78 is 33.0. The van der Waals surface area contributed by atoms with Gasteiger partial charge in [-0.1, -0.05) is 145 Å². The molecule has 0 aromatic heterocycles. The first kappa shape index (κ1) is 48.7. The van der Waals surface area contributed by atoms with Gasteiger partial charge in [0.2, 0.25) is 0 Å². The zero-order valence-electron chi connectivity index (χ0n) is 31.9. The number of aliphatic hydroxyl groups excluding tert-OH is 1. The molecule has 0 saturated carbocycles. The minimum Gasteiger partial charge on any atom is -0.492 e. The van der Waals surface area contributed by atoms with E-state index in [1.165, 1.54) is 70.6 Å². The fraction of sp³-hybridized carbons (Fsp3) is 0.683. The van der Waals surface area contributed by atoms with Gasteiger partial charge in [-0.15, -0.1) is 0 Å². The van der Waals surface area contributed by atoms with E-state index in [9.17, 15) is 19.4 Å². The fourth-order valence-electron chi connectivity index (χ4n) is 4.79. The summed E-state index contributed by atoms with van der Waals surface area (Å²) in [5.74, 6) is -0.361. The van der Waals surface area contributed by atoms with E-state index in [0.29, 0.717) is 6.42 Å². The Morgan fingerprint density at radius 1 is 0.706 bits per heavy atom. The van der Waals surface area contributed by atoms with E-state index < -0.39 is 13.9 Å². The lowest BCUT2D eigenvalue weighted by Gasteiger charge is -2.19. The summed E-state index contributed by atoms with van der Waals surface area (Å²) in [6.07, 6.45) is 44.0. The SMILES string of the molecule is CCCCCCCCCCCCCC/C=C/O[C@H](COC(=O)CCC/C=C\C/C=C\C/C=C\C/C=C\C=C\[C@@H](O)CC)COP(=O)(O)OCCN. The molecular weight excluding hydrogens is 665 g/mol. The van der Waals surface area contributed by atoms with Crippen molar-refractivity contribution in [1.29, 1.82) is 0 Å². The van der Waals surface area contributed by atoms with E-state index in [1.807, 2.05) is 31.2 Å². The van der Waals surface area contributed by atoms with Crippen molar-refractivity contribution in [1.82, 2.24) is 0 Å². The minimum absolute atomic E-state index is 0.0846. The third kappa shape index (κ3) is 37.3. The third-order valence-corrected chi connectivity index (χ3v) is 8.87. The monoisotopic (exact) mass is 737 g/mol. The number of hydrogen-bond donors (Lipinski definition) is 3. The molecule has 0 spiro atoms. The molecule has 0 heterocycles. The summed E-state index contributed by atoms with van der Waals surface area (Å²) in [5, 5.41) is 9.46. The van der Waals surface area contributed by atoms with Crippen molar-refractivity contribution in [2.75, 3.05) is 26.4 Å². The Bertz CT molecular complexity index is 1020. The highest BCUT2D eigenvalue weighted by molar-refractivity contribution is 7.47. The Kier molecular flexibility index (Phi) is 35.8. The quantitative estimate of drug-likeness (QED) is 0.0143. The van der Waals surface area contributed by atoms with Gasteiger partial charge in [-0.25, -0.2) is 4.57 Å². The van der Waals surface area contributed by atoms with Crippen molar-refractivity contribution < 1.29 is 37.9 Å². The second-order valence-corrected chi connectivity index (χ2v) is 14.1. The van der Waals surface area contributed by atoms with Gasteiger partial charge in [-0.3, -0.25) is 13.8 Å². The maximum absolute atomic E-state index is 12.3. The molecule has 0 aliphatic carbocycles. The lowest BCUT2D eigenvalue weighted by atomic mass is 10.0. The zero-order chi connectivity index (χ0) is 37.5. The second-order valence-electron chi connectivity index (χ2n) is 12.7. The highest BCUT2D eigenvalue weighted by atomic mass is 31.2. The summed E-state index contributed by atoms with van der Waals surface area (Å²) in [6.45, 7) is 3.79. The van der Waals surface area contributed by atoms with Gasteiger partial charge in [0.1, 0.15) is 6.61 Å². The van der Waals surface area contributed by atoms with E-state index in [0.717, 1.165) is 44.9 Å². The van der Waals surface area contributed by atoms with Crippen LogP contribution in [0.25, 0.3) is 0 Å². The molecule has 0 aromatic carbocycles. The molecule has 10 heteroatoms. The van der Waals surface area contributed by atoms with Crippen LogP contribution in [-0.4, -0.2) is 54.5 Å². The number of aliphatic hydroxyl groups is 1. The normalized spacial score (nSPS) is 14.9. The van der Waals surface area contributed by atoms with Crippen LogP contribution in [0.3, 0.4) is 0 Å². The van der Waals surface area contributed by atoms with Crippen LogP contribution in [0, 0.1) is 0 Å². The summed E-state index contributed by atoms with van der Waals surface area (Å²) in [6, 6.07) is 0. The number of carbonyl (C=O) groups excluding carboxylic acids is 1. The predicted octanol–water partition coefficient (Wildman–Crippen LogP) is 10.5. The van der Waals surface area contributed by atoms with Crippen LogP contribution in [0.1, 0.15) is 142 Å². The molecule has 9 nitrogen and oxygen atoms in total. The highest BCUT2D eigenvalue weighted by Crippen LogP contribution is 2.43. The van der Waals surface area contributed by atoms with Crippen LogP contribution in [0.5, 0.6) is 0 Å². The number of phosphoric ester groups is 1. The molecule has 0 aliphatic heterocycles. The zero-order valence-corrected chi connectivity index (χ0v) is 32.8. The Hall–Kier alpha value is -2.26.